The van der Waals surface area contributed by atoms with E-state index in [0.717, 1.165) is 11.3 Å². The molecule has 0 aliphatic rings. The van der Waals surface area contributed by atoms with Crippen LogP contribution in [-0.4, -0.2) is 21.6 Å². The second-order valence-electron chi connectivity index (χ2n) is 4.40. The Kier molecular flexibility index (Phi) is 3.16. The molecular formula is C15H13N3O2. The lowest BCUT2D eigenvalue weighted by atomic mass is 10.2. The van der Waals surface area contributed by atoms with Crippen LogP contribution in [0.2, 0.25) is 0 Å². The summed E-state index contributed by atoms with van der Waals surface area (Å²) in [6.07, 6.45) is 3.16. The van der Waals surface area contributed by atoms with Crippen LogP contribution in [0.3, 0.4) is 0 Å². The molecule has 0 unspecified atom stereocenters. The number of benzene rings is 1. The lowest BCUT2D eigenvalue weighted by Crippen LogP contribution is -2.21. The van der Waals surface area contributed by atoms with Gasteiger partial charge in [0.2, 0.25) is 0 Å². The van der Waals surface area contributed by atoms with Gasteiger partial charge in [0, 0.05) is 6.20 Å². The summed E-state index contributed by atoms with van der Waals surface area (Å²) in [6.45, 7) is 0.473. The van der Waals surface area contributed by atoms with Gasteiger partial charge in [-0.2, -0.15) is 0 Å². The molecule has 100 valence electrons. The van der Waals surface area contributed by atoms with Gasteiger partial charge in [0.05, 0.1) is 19.0 Å². The van der Waals surface area contributed by atoms with Crippen LogP contribution in [0.5, 0.6) is 5.75 Å². The van der Waals surface area contributed by atoms with E-state index in [1.54, 1.807) is 30.0 Å². The quantitative estimate of drug-likeness (QED) is 0.726. The van der Waals surface area contributed by atoms with E-state index in [9.17, 15) is 4.79 Å². The van der Waals surface area contributed by atoms with Gasteiger partial charge in [0.1, 0.15) is 12.1 Å². The van der Waals surface area contributed by atoms with Gasteiger partial charge in [-0.3, -0.25) is 9.36 Å². The third kappa shape index (κ3) is 2.25. The normalized spacial score (nSPS) is 10.7. The highest BCUT2D eigenvalue weighted by molar-refractivity contribution is 5.72. The van der Waals surface area contributed by atoms with Crippen molar-refractivity contribution in [3.8, 4) is 5.75 Å². The van der Waals surface area contributed by atoms with Crippen molar-refractivity contribution < 1.29 is 4.74 Å². The molecule has 3 rings (SSSR count). The van der Waals surface area contributed by atoms with Gasteiger partial charge >= 0.3 is 0 Å². The zero-order chi connectivity index (χ0) is 13.9. The first-order chi connectivity index (χ1) is 9.78. The summed E-state index contributed by atoms with van der Waals surface area (Å²) in [7, 11) is 1.62. The lowest BCUT2D eigenvalue weighted by Gasteiger charge is -2.07. The molecule has 2 aromatic heterocycles. The molecule has 0 bridgehead atoms. The van der Waals surface area contributed by atoms with Crippen LogP contribution in [0.4, 0.5) is 0 Å². The van der Waals surface area contributed by atoms with Crippen LogP contribution in [-0.2, 0) is 6.54 Å². The van der Waals surface area contributed by atoms with Crippen molar-refractivity contribution in [1.29, 1.82) is 0 Å². The number of pyridine rings is 1. The highest BCUT2D eigenvalue weighted by atomic mass is 16.5. The topological polar surface area (TPSA) is 57.0 Å². The minimum absolute atomic E-state index is 0.0843. The van der Waals surface area contributed by atoms with Crippen LogP contribution >= 0.6 is 0 Å². The molecule has 20 heavy (non-hydrogen) atoms. The van der Waals surface area contributed by atoms with Crippen molar-refractivity contribution >= 4 is 11.0 Å². The molecule has 0 aliphatic carbocycles. The van der Waals surface area contributed by atoms with Gasteiger partial charge in [-0.25, -0.2) is 9.97 Å². The Morgan fingerprint density at radius 2 is 1.95 bits per heavy atom. The highest BCUT2D eigenvalue weighted by Crippen LogP contribution is 2.12. The summed E-state index contributed by atoms with van der Waals surface area (Å²) in [5.74, 6) is 0.793. The van der Waals surface area contributed by atoms with Crippen LogP contribution in [0.1, 0.15) is 5.56 Å². The molecule has 0 atom stereocenters. The molecular weight excluding hydrogens is 254 g/mol. The largest absolute Gasteiger partial charge is 0.497 e. The van der Waals surface area contributed by atoms with Crippen LogP contribution in [0.25, 0.3) is 11.0 Å². The second-order valence-corrected chi connectivity index (χ2v) is 4.40. The van der Waals surface area contributed by atoms with E-state index in [1.165, 1.54) is 6.33 Å². The molecule has 0 saturated carbocycles. The smallest absolute Gasteiger partial charge is 0.263 e. The summed E-state index contributed by atoms with van der Waals surface area (Å²) in [5.41, 5.74) is 1.40. The molecule has 0 spiro atoms. The fourth-order valence-electron chi connectivity index (χ4n) is 2.04. The fourth-order valence-corrected chi connectivity index (χ4v) is 2.04. The molecule has 2 heterocycles. The monoisotopic (exact) mass is 267 g/mol. The number of aromatic nitrogens is 3. The van der Waals surface area contributed by atoms with Crippen LogP contribution in [0.15, 0.2) is 53.7 Å². The number of rotatable bonds is 3. The molecule has 0 N–H and O–H groups in total. The van der Waals surface area contributed by atoms with Gasteiger partial charge in [-0.15, -0.1) is 0 Å². The number of methoxy groups -OCH3 is 1. The predicted octanol–water partition coefficient (Wildman–Crippen LogP) is 1.85. The Hall–Kier alpha value is -2.69. The maximum absolute atomic E-state index is 12.3. The highest BCUT2D eigenvalue weighted by Gasteiger charge is 2.04. The Labute approximate surface area is 115 Å². The van der Waals surface area contributed by atoms with E-state index in [-0.39, 0.29) is 5.56 Å². The minimum atomic E-state index is -0.0843. The van der Waals surface area contributed by atoms with Crippen molar-refractivity contribution in [3.63, 3.8) is 0 Å². The van der Waals surface area contributed by atoms with Crippen molar-refractivity contribution in [2.75, 3.05) is 7.11 Å². The lowest BCUT2D eigenvalue weighted by molar-refractivity contribution is 0.414. The standard InChI is InChI=1S/C15H13N3O2/c1-20-12-6-4-11(5-7-12)9-18-10-17-14-13(15(18)19)3-2-8-16-14/h2-8,10H,9H2,1H3. The van der Waals surface area contributed by atoms with E-state index in [1.807, 2.05) is 24.3 Å². The van der Waals surface area contributed by atoms with Crippen molar-refractivity contribution in [1.82, 2.24) is 14.5 Å². The summed E-state index contributed by atoms with van der Waals surface area (Å²) < 4.78 is 6.69. The Bertz CT molecular complexity index is 794. The maximum atomic E-state index is 12.3. The molecule has 0 radical (unpaired) electrons. The number of hydrogen-bond donors (Lipinski definition) is 0. The molecule has 0 aliphatic heterocycles. The van der Waals surface area contributed by atoms with Gasteiger partial charge in [0.25, 0.3) is 5.56 Å². The molecule has 5 nitrogen and oxygen atoms in total. The van der Waals surface area contributed by atoms with Gasteiger partial charge in [-0.1, -0.05) is 12.1 Å². The predicted molar refractivity (Wildman–Crippen MR) is 75.9 cm³/mol. The third-order valence-corrected chi connectivity index (χ3v) is 3.11. The van der Waals surface area contributed by atoms with Crippen LogP contribution in [0, 0.1) is 0 Å². The third-order valence-electron chi connectivity index (χ3n) is 3.11. The van der Waals surface area contributed by atoms with Crippen molar-refractivity contribution in [3.05, 3.63) is 64.8 Å². The molecule has 0 fully saturated rings. The van der Waals surface area contributed by atoms with Crippen LogP contribution < -0.4 is 10.3 Å². The van der Waals surface area contributed by atoms with Crippen molar-refractivity contribution in [2.24, 2.45) is 0 Å². The summed E-state index contributed by atoms with van der Waals surface area (Å²) in [5, 5.41) is 0.531. The molecule has 3 aromatic rings. The zero-order valence-electron chi connectivity index (χ0n) is 11.0. The number of nitrogens with zero attached hydrogens (tertiary/aromatic N) is 3. The fraction of sp³-hybridized carbons (Fsp3) is 0.133. The average molecular weight is 267 g/mol. The maximum Gasteiger partial charge on any atom is 0.263 e. The van der Waals surface area contributed by atoms with E-state index < -0.39 is 0 Å². The summed E-state index contributed by atoms with van der Waals surface area (Å²) in [4.78, 5) is 20.6. The average Bonchev–Trinajstić information content (AvgIpc) is 2.51. The Balaban J connectivity index is 1.98. The first kappa shape index (κ1) is 12.3. The number of fused-ring (bicyclic) bond motifs is 1. The van der Waals surface area contributed by atoms with Gasteiger partial charge in [-0.05, 0) is 29.8 Å². The summed E-state index contributed by atoms with van der Waals surface area (Å²) >= 11 is 0. The first-order valence-corrected chi connectivity index (χ1v) is 6.21. The Morgan fingerprint density at radius 3 is 2.70 bits per heavy atom. The molecule has 0 saturated heterocycles. The SMILES string of the molecule is COc1ccc(Cn2cnc3ncccc3c2=O)cc1. The number of ether oxygens (including phenoxy) is 1. The van der Waals surface area contributed by atoms with Gasteiger partial charge in [0.15, 0.2) is 5.65 Å². The first-order valence-electron chi connectivity index (χ1n) is 6.21. The number of hydrogen-bond acceptors (Lipinski definition) is 4. The van der Waals surface area contributed by atoms with E-state index >= 15 is 0 Å². The van der Waals surface area contributed by atoms with E-state index in [4.69, 9.17) is 4.74 Å². The molecule has 1 aromatic carbocycles. The molecule has 5 heteroatoms. The van der Waals surface area contributed by atoms with Gasteiger partial charge < -0.3 is 4.74 Å². The summed E-state index contributed by atoms with van der Waals surface area (Å²) in [6, 6.07) is 11.1. The van der Waals surface area contributed by atoms with Crippen molar-refractivity contribution in [2.45, 2.75) is 6.54 Å². The van der Waals surface area contributed by atoms with E-state index in [0.29, 0.717) is 17.6 Å². The minimum Gasteiger partial charge on any atom is -0.497 e. The molecule has 0 amide bonds. The Morgan fingerprint density at radius 1 is 1.15 bits per heavy atom. The van der Waals surface area contributed by atoms with E-state index in [2.05, 4.69) is 9.97 Å². The zero-order valence-corrected chi connectivity index (χ0v) is 11.0. The second kappa shape index (κ2) is 5.13.